The van der Waals surface area contributed by atoms with Crippen LogP contribution in [-0.2, 0) is 6.54 Å². The van der Waals surface area contributed by atoms with Crippen LogP contribution >= 0.6 is 11.3 Å². The van der Waals surface area contributed by atoms with E-state index in [1.54, 1.807) is 24.3 Å². The van der Waals surface area contributed by atoms with Gasteiger partial charge in [-0.25, -0.2) is 4.79 Å². The topological polar surface area (TPSA) is 81.6 Å². The predicted octanol–water partition coefficient (Wildman–Crippen LogP) is 1.99. The highest BCUT2D eigenvalue weighted by Gasteiger charge is 2.09. The van der Waals surface area contributed by atoms with E-state index in [0.717, 1.165) is 11.1 Å². The number of carbonyl (C=O) groups excluding carboxylic acids is 1. The van der Waals surface area contributed by atoms with Gasteiger partial charge in [0.05, 0.1) is 6.10 Å². The molecule has 6 heteroatoms. The van der Waals surface area contributed by atoms with E-state index in [4.69, 9.17) is 5.11 Å². The van der Waals surface area contributed by atoms with E-state index in [1.165, 1.54) is 11.3 Å². The van der Waals surface area contributed by atoms with Gasteiger partial charge in [-0.15, -0.1) is 0 Å². The molecule has 0 fully saturated rings. The Morgan fingerprint density at radius 3 is 2.60 bits per heavy atom. The minimum Gasteiger partial charge on any atom is -0.508 e. The summed E-state index contributed by atoms with van der Waals surface area (Å²) in [5.41, 5.74) is 1.69. The summed E-state index contributed by atoms with van der Waals surface area (Å²) in [6.07, 6.45) is -0.694. The second kappa shape index (κ2) is 6.93. The molecule has 1 atom stereocenters. The molecule has 0 aliphatic carbocycles. The number of thiophene rings is 1. The molecular formula is C14H16N2O3S. The summed E-state index contributed by atoms with van der Waals surface area (Å²) < 4.78 is 0. The van der Waals surface area contributed by atoms with E-state index in [1.807, 2.05) is 16.8 Å². The molecule has 106 valence electrons. The van der Waals surface area contributed by atoms with Crippen molar-refractivity contribution in [2.45, 2.75) is 12.6 Å². The van der Waals surface area contributed by atoms with E-state index in [0.29, 0.717) is 6.54 Å². The maximum absolute atomic E-state index is 11.6. The van der Waals surface area contributed by atoms with Crippen LogP contribution in [0.15, 0.2) is 41.1 Å². The van der Waals surface area contributed by atoms with Gasteiger partial charge in [0.2, 0.25) is 0 Å². The van der Waals surface area contributed by atoms with Gasteiger partial charge >= 0.3 is 6.03 Å². The van der Waals surface area contributed by atoms with Gasteiger partial charge in [-0.2, -0.15) is 11.3 Å². The average molecular weight is 292 g/mol. The van der Waals surface area contributed by atoms with Crippen molar-refractivity contribution in [3.63, 3.8) is 0 Å². The zero-order valence-electron chi connectivity index (χ0n) is 10.7. The molecule has 1 aromatic heterocycles. The van der Waals surface area contributed by atoms with Gasteiger partial charge in [-0.05, 0) is 40.1 Å². The van der Waals surface area contributed by atoms with Gasteiger partial charge in [-0.3, -0.25) is 0 Å². The fourth-order valence-electron chi connectivity index (χ4n) is 1.63. The largest absolute Gasteiger partial charge is 0.508 e. The molecule has 2 amide bonds. The molecular weight excluding hydrogens is 276 g/mol. The first-order valence-electron chi connectivity index (χ1n) is 6.15. The van der Waals surface area contributed by atoms with Crippen LogP contribution in [0.5, 0.6) is 5.75 Å². The number of hydrogen-bond acceptors (Lipinski definition) is 4. The van der Waals surface area contributed by atoms with E-state index in [-0.39, 0.29) is 18.3 Å². The van der Waals surface area contributed by atoms with Crippen molar-refractivity contribution in [1.82, 2.24) is 10.6 Å². The maximum atomic E-state index is 11.6. The van der Waals surface area contributed by atoms with Crippen LogP contribution in [0.4, 0.5) is 4.79 Å². The van der Waals surface area contributed by atoms with Crippen LogP contribution in [0.25, 0.3) is 0 Å². The summed E-state index contributed by atoms with van der Waals surface area (Å²) in [6.45, 7) is 0.527. The molecule has 1 unspecified atom stereocenters. The molecule has 4 N–H and O–H groups in total. The number of phenols is 1. The van der Waals surface area contributed by atoms with Gasteiger partial charge in [0.1, 0.15) is 5.75 Å². The minimum atomic E-state index is -0.694. The number of aliphatic hydroxyl groups is 1. The second-order valence-corrected chi connectivity index (χ2v) is 5.08. The third kappa shape index (κ3) is 4.25. The third-order valence-electron chi connectivity index (χ3n) is 2.77. The molecule has 0 aliphatic rings. The molecule has 0 saturated carbocycles. The van der Waals surface area contributed by atoms with Crippen molar-refractivity contribution < 1.29 is 15.0 Å². The Hall–Kier alpha value is -2.05. The standard InChI is InChI=1S/C14H16N2O3S/c17-12-3-1-10(2-4-12)7-15-14(19)16-8-13(18)11-5-6-20-9-11/h1-6,9,13,17-18H,7-8H2,(H2,15,16,19). The van der Waals surface area contributed by atoms with Crippen LogP contribution in [0.2, 0.25) is 0 Å². The lowest BCUT2D eigenvalue weighted by molar-refractivity contribution is 0.173. The monoisotopic (exact) mass is 292 g/mol. The average Bonchev–Trinajstić information content (AvgIpc) is 2.98. The zero-order chi connectivity index (χ0) is 14.4. The Morgan fingerprint density at radius 1 is 1.20 bits per heavy atom. The highest BCUT2D eigenvalue weighted by molar-refractivity contribution is 7.07. The summed E-state index contributed by atoms with van der Waals surface area (Å²) in [7, 11) is 0. The number of aromatic hydroxyl groups is 1. The Morgan fingerprint density at radius 2 is 1.95 bits per heavy atom. The summed E-state index contributed by atoms with van der Waals surface area (Å²) in [5.74, 6) is 0.192. The molecule has 5 nitrogen and oxygen atoms in total. The number of rotatable bonds is 5. The first-order chi connectivity index (χ1) is 9.65. The van der Waals surface area contributed by atoms with Crippen LogP contribution in [-0.4, -0.2) is 22.8 Å². The van der Waals surface area contributed by atoms with E-state index in [9.17, 15) is 9.90 Å². The molecule has 20 heavy (non-hydrogen) atoms. The Labute approximate surface area is 120 Å². The lowest BCUT2D eigenvalue weighted by Gasteiger charge is -2.11. The predicted molar refractivity (Wildman–Crippen MR) is 77.6 cm³/mol. The Kier molecular flexibility index (Phi) is 4.97. The molecule has 0 radical (unpaired) electrons. The normalized spacial score (nSPS) is 11.8. The quantitative estimate of drug-likeness (QED) is 0.680. The van der Waals surface area contributed by atoms with E-state index >= 15 is 0 Å². The third-order valence-corrected chi connectivity index (χ3v) is 3.47. The van der Waals surface area contributed by atoms with Gasteiger partial charge in [0, 0.05) is 13.1 Å². The number of nitrogens with one attached hydrogen (secondary N) is 2. The molecule has 2 aromatic rings. The van der Waals surface area contributed by atoms with Gasteiger partial charge in [0.25, 0.3) is 0 Å². The number of benzene rings is 1. The summed E-state index contributed by atoms with van der Waals surface area (Å²) >= 11 is 1.50. The first-order valence-corrected chi connectivity index (χ1v) is 7.09. The van der Waals surface area contributed by atoms with Crippen molar-refractivity contribution in [3.8, 4) is 5.75 Å². The molecule has 0 spiro atoms. The number of aliphatic hydroxyl groups excluding tert-OH is 1. The fraction of sp³-hybridized carbons (Fsp3) is 0.214. The number of hydrogen-bond donors (Lipinski definition) is 4. The minimum absolute atomic E-state index is 0.165. The molecule has 2 rings (SSSR count). The maximum Gasteiger partial charge on any atom is 0.315 e. The van der Waals surface area contributed by atoms with Crippen molar-refractivity contribution >= 4 is 17.4 Å². The highest BCUT2D eigenvalue weighted by atomic mass is 32.1. The van der Waals surface area contributed by atoms with Crippen molar-refractivity contribution in [3.05, 3.63) is 52.2 Å². The molecule has 0 bridgehead atoms. The smallest absolute Gasteiger partial charge is 0.315 e. The summed E-state index contributed by atoms with van der Waals surface area (Å²) in [4.78, 5) is 11.6. The Bertz CT molecular complexity index is 540. The number of carbonyl (C=O) groups is 1. The molecule has 1 heterocycles. The summed E-state index contributed by atoms with van der Waals surface area (Å²) in [5, 5.41) is 28.0. The highest BCUT2D eigenvalue weighted by Crippen LogP contribution is 2.15. The molecule has 1 aromatic carbocycles. The zero-order valence-corrected chi connectivity index (χ0v) is 11.6. The van der Waals surface area contributed by atoms with Crippen LogP contribution in [0.3, 0.4) is 0 Å². The SMILES string of the molecule is O=C(NCc1ccc(O)cc1)NCC(O)c1ccsc1. The molecule has 0 saturated heterocycles. The van der Waals surface area contributed by atoms with E-state index in [2.05, 4.69) is 10.6 Å². The van der Waals surface area contributed by atoms with Crippen LogP contribution < -0.4 is 10.6 Å². The van der Waals surface area contributed by atoms with E-state index < -0.39 is 6.10 Å². The van der Waals surface area contributed by atoms with Gasteiger partial charge in [-0.1, -0.05) is 12.1 Å². The lowest BCUT2D eigenvalue weighted by Crippen LogP contribution is -2.37. The van der Waals surface area contributed by atoms with Crippen LogP contribution in [0, 0.1) is 0 Å². The van der Waals surface area contributed by atoms with Crippen molar-refractivity contribution in [2.75, 3.05) is 6.54 Å². The summed E-state index contributed by atoms with van der Waals surface area (Å²) in [6, 6.07) is 8.08. The first kappa shape index (κ1) is 14.4. The van der Waals surface area contributed by atoms with Crippen molar-refractivity contribution in [2.24, 2.45) is 0 Å². The van der Waals surface area contributed by atoms with Gasteiger partial charge < -0.3 is 20.8 Å². The van der Waals surface area contributed by atoms with Crippen LogP contribution in [0.1, 0.15) is 17.2 Å². The number of amides is 2. The van der Waals surface area contributed by atoms with Crippen molar-refractivity contribution in [1.29, 1.82) is 0 Å². The number of phenolic OH excluding ortho intramolecular Hbond substituents is 1. The number of urea groups is 1. The lowest BCUT2D eigenvalue weighted by atomic mass is 10.2. The van der Waals surface area contributed by atoms with Gasteiger partial charge in [0.15, 0.2) is 0 Å². The molecule has 0 aliphatic heterocycles. The Balaban J connectivity index is 1.71. The fourth-order valence-corrected chi connectivity index (χ4v) is 2.34. The second-order valence-electron chi connectivity index (χ2n) is 4.30.